The zero-order chi connectivity index (χ0) is 20.4. The van der Waals surface area contributed by atoms with Crippen LogP contribution in [0.15, 0.2) is 27.4 Å². The van der Waals surface area contributed by atoms with Gasteiger partial charge in [-0.1, -0.05) is 0 Å². The van der Waals surface area contributed by atoms with Gasteiger partial charge in [0.2, 0.25) is 0 Å². The van der Waals surface area contributed by atoms with Crippen molar-refractivity contribution in [1.82, 2.24) is 5.32 Å². The lowest BCUT2D eigenvalue weighted by Gasteiger charge is -2.22. The number of nitrogens with one attached hydrogen (secondary N) is 1. The smallest absolute Gasteiger partial charge is 0.339 e. The first-order valence-corrected chi connectivity index (χ1v) is 8.72. The number of ether oxygens (including phenoxy) is 1. The predicted octanol–water partition coefficient (Wildman–Crippen LogP) is -1.58. The lowest BCUT2D eigenvalue weighted by atomic mass is 10.1. The average molecular weight is 387 g/mol. The molecule has 1 aromatic carbocycles. The summed E-state index contributed by atoms with van der Waals surface area (Å²) in [6.45, 7) is 1.36. The Labute approximate surface area is 158 Å². The minimum absolute atomic E-state index is 0.237. The summed E-state index contributed by atoms with van der Waals surface area (Å²) in [6, 6.07) is 3.10. The minimum Gasteiger partial charge on any atom is -0.550 e. The number of carboxylic acid groups (broad SMARTS) is 2. The lowest BCUT2D eigenvalue weighted by molar-refractivity contribution is -0.317. The highest BCUT2D eigenvalue weighted by atomic mass is 16.5. The van der Waals surface area contributed by atoms with Crippen LogP contribution in [-0.4, -0.2) is 30.0 Å². The summed E-state index contributed by atoms with van der Waals surface area (Å²) >= 11 is 0. The summed E-state index contributed by atoms with van der Waals surface area (Å²) in [5.74, 6) is -3.99. The number of aliphatic carboxylic acids is 2. The number of aryl methyl sites for hydroxylation is 1. The monoisotopic (exact) mass is 387 g/mol. The van der Waals surface area contributed by atoms with Crippen LogP contribution in [0.3, 0.4) is 0 Å². The fourth-order valence-corrected chi connectivity index (χ4v) is 3.24. The van der Waals surface area contributed by atoms with Gasteiger partial charge in [0.05, 0.1) is 12.0 Å². The number of hydrogen-bond acceptors (Lipinski definition) is 8. The largest absolute Gasteiger partial charge is 0.550 e. The summed E-state index contributed by atoms with van der Waals surface area (Å²) in [6.07, 6.45) is 0.309. The second kappa shape index (κ2) is 7.71. The molecule has 0 unspecified atom stereocenters. The van der Waals surface area contributed by atoms with Crippen LogP contribution in [-0.2, 0) is 27.2 Å². The fraction of sp³-hybridized carbons (Fsp3) is 0.368. The molecular formula is C19H17NO8-2. The van der Waals surface area contributed by atoms with Crippen molar-refractivity contribution < 1.29 is 33.8 Å². The SMILES string of the molecule is C[C@@H](Oc1ccc2c3c(c(=O)oc2c1)CCC3)C(=O)N[C@@H](CC(=O)[O-])C(=O)[O-]. The van der Waals surface area contributed by atoms with Gasteiger partial charge >= 0.3 is 5.63 Å². The summed E-state index contributed by atoms with van der Waals surface area (Å²) in [7, 11) is 0. The van der Waals surface area contributed by atoms with E-state index in [2.05, 4.69) is 0 Å². The van der Waals surface area contributed by atoms with Gasteiger partial charge in [-0.25, -0.2) is 4.79 Å². The van der Waals surface area contributed by atoms with E-state index in [0.717, 1.165) is 23.8 Å². The van der Waals surface area contributed by atoms with Crippen molar-refractivity contribution in [3.63, 3.8) is 0 Å². The van der Waals surface area contributed by atoms with Gasteiger partial charge in [0, 0.05) is 29.4 Å². The molecule has 1 N–H and O–H groups in total. The highest BCUT2D eigenvalue weighted by molar-refractivity contribution is 5.88. The van der Waals surface area contributed by atoms with Crippen molar-refractivity contribution in [3.8, 4) is 5.75 Å². The molecule has 1 amide bonds. The first kappa shape index (κ1) is 19.4. The number of hydrogen-bond donors (Lipinski definition) is 1. The van der Waals surface area contributed by atoms with Crippen LogP contribution >= 0.6 is 0 Å². The highest BCUT2D eigenvalue weighted by Crippen LogP contribution is 2.29. The molecule has 28 heavy (non-hydrogen) atoms. The Bertz CT molecular complexity index is 1010. The number of rotatable bonds is 7. The number of carbonyl (C=O) groups excluding carboxylic acids is 3. The van der Waals surface area contributed by atoms with Gasteiger partial charge in [0.25, 0.3) is 5.91 Å². The zero-order valence-corrected chi connectivity index (χ0v) is 15.0. The summed E-state index contributed by atoms with van der Waals surface area (Å²) in [5, 5.41) is 24.3. The van der Waals surface area contributed by atoms with E-state index >= 15 is 0 Å². The topological polar surface area (TPSA) is 149 Å². The lowest BCUT2D eigenvalue weighted by Crippen LogP contribution is -2.53. The highest BCUT2D eigenvalue weighted by Gasteiger charge is 2.22. The molecule has 0 fully saturated rings. The maximum absolute atomic E-state index is 12.1. The quantitative estimate of drug-likeness (QED) is 0.560. The Morgan fingerprint density at radius 2 is 1.93 bits per heavy atom. The van der Waals surface area contributed by atoms with Gasteiger partial charge in [-0.05, 0) is 43.9 Å². The molecule has 0 aliphatic heterocycles. The van der Waals surface area contributed by atoms with Gasteiger partial charge < -0.3 is 34.3 Å². The van der Waals surface area contributed by atoms with Crippen LogP contribution in [0.2, 0.25) is 0 Å². The first-order valence-electron chi connectivity index (χ1n) is 8.72. The van der Waals surface area contributed by atoms with E-state index in [1.165, 1.54) is 13.0 Å². The second-order valence-electron chi connectivity index (χ2n) is 6.57. The van der Waals surface area contributed by atoms with Gasteiger partial charge in [-0.2, -0.15) is 0 Å². The van der Waals surface area contributed by atoms with Crippen molar-refractivity contribution >= 4 is 28.8 Å². The van der Waals surface area contributed by atoms with E-state index in [4.69, 9.17) is 9.15 Å². The Kier molecular flexibility index (Phi) is 5.34. The molecule has 9 nitrogen and oxygen atoms in total. The maximum Gasteiger partial charge on any atom is 0.339 e. The molecule has 0 spiro atoms. The van der Waals surface area contributed by atoms with E-state index in [1.807, 2.05) is 5.32 Å². The van der Waals surface area contributed by atoms with Crippen LogP contribution in [0.4, 0.5) is 0 Å². The van der Waals surface area contributed by atoms with Crippen molar-refractivity contribution in [3.05, 3.63) is 39.7 Å². The summed E-state index contributed by atoms with van der Waals surface area (Å²) in [4.78, 5) is 45.6. The molecule has 1 heterocycles. The third kappa shape index (κ3) is 3.98. The second-order valence-corrected chi connectivity index (χ2v) is 6.57. The molecule has 0 bridgehead atoms. The van der Waals surface area contributed by atoms with E-state index in [-0.39, 0.29) is 11.4 Å². The molecule has 0 saturated carbocycles. The Morgan fingerprint density at radius 1 is 1.21 bits per heavy atom. The molecule has 9 heteroatoms. The number of amides is 1. The number of fused-ring (bicyclic) bond motifs is 3. The van der Waals surface area contributed by atoms with Gasteiger partial charge in [-0.3, -0.25) is 4.79 Å². The number of carboxylic acids is 2. The van der Waals surface area contributed by atoms with Crippen LogP contribution < -0.4 is 25.9 Å². The van der Waals surface area contributed by atoms with Gasteiger partial charge in [0.15, 0.2) is 6.10 Å². The molecule has 3 rings (SSSR count). The molecule has 0 saturated heterocycles. The molecule has 1 aliphatic carbocycles. The van der Waals surface area contributed by atoms with Crippen LogP contribution in [0.1, 0.15) is 30.9 Å². The van der Waals surface area contributed by atoms with Crippen molar-refractivity contribution in [2.45, 2.75) is 44.8 Å². The minimum atomic E-state index is -1.74. The fourth-order valence-electron chi connectivity index (χ4n) is 3.24. The van der Waals surface area contributed by atoms with Crippen molar-refractivity contribution in [1.29, 1.82) is 0 Å². The molecule has 2 atom stereocenters. The van der Waals surface area contributed by atoms with Crippen LogP contribution in [0.25, 0.3) is 11.0 Å². The van der Waals surface area contributed by atoms with Crippen LogP contribution in [0.5, 0.6) is 5.75 Å². The third-order valence-corrected chi connectivity index (χ3v) is 4.60. The van der Waals surface area contributed by atoms with Gasteiger partial charge in [-0.15, -0.1) is 0 Å². The zero-order valence-electron chi connectivity index (χ0n) is 15.0. The molecule has 1 aromatic heterocycles. The molecular weight excluding hydrogens is 370 g/mol. The summed E-state index contributed by atoms with van der Waals surface area (Å²) < 4.78 is 10.8. The van der Waals surface area contributed by atoms with Crippen molar-refractivity contribution in [2.24, 2.45) is 0 Å². The molecule has 148 valence electrons. The molecule has 0 radical (unpaired) electrons. The Balaban J connectivity index is 1.75. The average Bonchev–Trinajstić information content (AvgIpc) is 3.11. The number of carbonyl (C=O) groups is 3. The summed E-state index contributed by atoms with van der Waals surface area (Å²) in [5.41, 5.74) is 1.60. The maximum atomic E-state index is 12.1. The molecule has 2 aromatic rings. The van der Waals surface area contributed by atoms with Crippen molar-refractivity contribution in [2.75, 3.05) is 0 Å². The standard InChI is InChI=1S/C19H19NO8/c1-9(17(23)20-14(18(24)25)8-16(21)22)27-10-5-6-12-11-3-2-4-13(11)19(26)28-15(12)7-10/h5-7,9,14H,2-4,8H2,1H3,(H,20,23)(H,21,22)(H,24,25)/p-2/t9-,14+/m1/s1. The van der Waals surface area contributed by atoms with E-state index in [9.17, 15) is 29.4 Å². The molecule has 1 aliphatic rings. The van der Waals surface area contributed by atoms with E-state index in [0.29, 0.717) is 17.6 Å². The number of benzene rings is 1. The van der Waals surface area contributed by atoms with Gasteiger partial charge in [0.1, 0.15) is 11.3 Å². The van der Waals surface area contributed by atoms with E-state index < -0.39 is 36.4 Å². The Hall–Kier alpha value is -3.36. The predicted molar refractivity (Wildman–Crippen MR) is 91.2 cm³/mol. The normalized spacial score (nSPS) is 14.9. The van der Waals surface area contributed by atoms with Crippen LogP contribution in [0, 0.1) is 0 Å². The third-order valence-electron chi connectivity index (χ3n) is 4.60. The Morgan fingerprint density at radius 3 is 2.61 bits per heavy atom. The van der Waals surface area contributed by atoms with E-state index in [1.54, 1.807) is 12.1 Å². The first-order chi connectivity index (χ1) is 13.3.